The van der Waals surface area contributed by atoms with Crippen molar-refractivity contribution in [2.75, 3.05) is 6.61 Å². The third-order valence-corrected chi connectivity index (χ3v) is 5.04. The van der Waals surface area contributed by atoms with Crippen LogP contribution in [0, 0.1) is 5.92 Å². The van der Waals surface area contributed by atoms with Crippen molar-refractivity contribution in [2.45, 2.75) is 31.7 Å². The summed E-state index contributed by atoms with van der Waals surface area (Å²) < 4.78 is 12.2. The quantitative estimate of drug-likeness (QED) is 0.618. The molecule has 0 amide bonds. The number of para-hydroxylation sites is 1. The van der Waals surface area contributed by atoms with E-state index in [-0.39, 0.29) is 24.2 Å². The number of allylic oxidation sites excluding steroid dienone is 2. The summed E-state index contributed by atoms with van der Waals surface area (Å²) in [7, 11) is 0. The van der Waals surface area contributed by atoms with Gasteiger partial charge in [0, 0.05) is 28.5 Å². The molecule has 2 aromatic carbocycles. The highest BCUT2D eigenvalue weighted by Crippen LogP contribution is 2.43. The monoisotopic (exact) mass is 402 g/mol. The number of benzene rings is 2. The van der Waals surface area contributed by atoms with Crippen LogP contribution in [0.25, 0.3) is 0 Å². The fraction of sp³-hybridized carbons (Fsp3) is 0.318. The summed E-state index contributed by atoms with van der Waals surface area (Å²) >= 11 is 6.29. The predicted molar refractivity (Wildman–Crippen MR) is 106 cm³/mol. The molecular formula is C22H23ClO5. The maximum Gasteiger partial charge on any atom is 0.303 e. The van der Waals surface area contributed by atoms with Gasteiger partial charge in [0.2, 0.25) is 0 Å². The number of aliphatic carboxylic acids is 1. The Morgan fingerprint density at radius 2 is 1.82 bits per heavy atom. The second-order valence-corrected chi connectivity index (χ2v) is 7.11. The topological polar surface area (TPSA) is 76.0 Å². The largest absolute Gasteiger partial charge is 0.508 e. The molecule has 3 atom stereocenters. The highest BCUT2D eigenvalue weighted by atomic mass is 35.5. The first-order valence-electron chi connectivity index (χ1n) is 9.22. The highest BCUT2D eigenvalue weighted by molar-refractivity contribution is 6.31. The number of carboxylic acids is 1. The summed E-state index contributed by atoms with van der Waals surface area (Å²) in [6.07, 6.45) is 4.04. The number of rotatable bonds is 7. The lowest BCUT2D eigenvalue weighted by Gasteiger charge is -2.37. The maximum absolute atomic E-state index is 10.6. The second-order valence-electron chi connectivity index (χ2n) is 6.70. The molecule has 0 saturated carbocycles. The fourth-order valence-electron chi connectivity index (χ4n) is 3.25. The minimum Gasteiger partial charge on any atom is -0.508 e. The normalized spacial score (nSPS) is 22.4. The molecule has 28 heavy (non-hydrogen) atoms. The number of ether oxygens (including phenoxy) is 2. The average molecular weight is 403 g/mol. The molecule has 6 heteroatoms. The molecule has 3 rings (SSSR count). The Bertz CT molecular complexity index is 835. The fourth-order valence-corrected chi connectivity index (χ4v) is 3.48. The Balaban J connectivity index is 1.77. The minimum absolute atomic E-state index is 0.0203. The van der Waals surface area contributed by atoms with Gasteiger partial charge in [0.25, 0.3) is 0 Å². The van der Waals surface area contributed by atoms with E-state index in [1.165, 1.54) is 0 Å². The Morgan fingerprint density at radius 3 is 2.54 bits per heavy atom. The summed E-state index contributed by atoms with van der Waals surface area (Å²) in [4.78, 5) is 10.6. The summed E-state index contributed by atoms with van der Waals surface area (Å²) in [6.45, 7) is 0.429. The van der Waals surface area contributed by atoms with Crippen molar-refractivity contribution in [2.24, 2.45) is 5.92 Å². The van der Waals surface area contributed by atoms with Crippen LogP contribution in [0.3, 0.4) is 0 Å². The molecule has 1 saturated heterocycles. The molecule has 2 N–H and O–H groups in total. The van der Waals surface area contributed by atoms with Gasteiger partial charge in [0.1, 0.15) is 5.75 Å². The van der Waals surface area contributed by atoms with Crippen molar-refractivity contribution < 1.29 is 24.5 Å². The van der Waals surface area contributed by atoms with Crippen LogP contribution in [-0.4, -0.2) is 22.8 Å². The number of aromatic hydroxyl groups is 1. The molecule has 0 spiro atoms. The molecule has 5 nitrogen and oxygen atoms in total. The van der Waals surface area contributed by atoms with Gasteiger partial charge in [-0.3, -0.25) is 4.79 Å². The Morgan fingerprint density at radius 1 is 1.11 bits per heavy atom. The van der Waals surface area contributed by atoms with Crippen molar-refractivity contribution in [1.82, 2.24) is 0 Å². The molecule has 1 aliphatic rings. The highest BCUT2D eigenvalue weighted by Gasteiger charge is 2.35. The molecule has 0 bridgehead atoms. The molecule has 1 heterocycles. The predicted octanol–water partition coefficient (Wildman–Crippen LogP) is 5.26. The van der Waals surface area contributed by atoms with E-state index in [9.17, 15) is 9.90 Å². The Labute approximate surface area is 169 Å². The zero-order valence-corrected chi connectivity index (χ0v) is 16.1. The van der Waals surface area contributed by atoms with Gasteiger partial charge >= 0.3 is 5.97 Å². The number of carboxylic acid groups (broad SMARTS) is 1. The first-order valence-corrected chi connectivity index (χ1v) is 9.60. The number of halogens is 1. The zero-order valence-electron chi connectivity index (χ0n) is 15.3. The summed E-state index contributed by atoms with van der Waals surface area (Å²) in [5.74, 6) is -0.663. The van der Waals surface area contributed by atoms with E-state index in [2.05, 4.69) is 0 Å². The number of hydrogen-bond donors (Lipinski definition) is 2. The summed E-state index contributed by atoms with van der Waals surface area (Å²) in [5, 5.41) is 19.6. The van der Waals surface area contributed by atoms with Gasteiger partial charge in [-0.25, -0.2) is 0 Å². The van der Waals surface area contributed by atoms with Gasteiger partial charge in [-0.2, -0.15) is 0 Å². The summed E-state index contributed by atoms with van der Waals surface area (Å²) in [5.41, 5.74) is 1.45. The van der Waals surface area contributed by atoms with E-state index >= 15 is 0 Å². The Kier molecular flexibility index (Phi) is 7.09. The average Bonchev–Trinajstić information content (AvgIpc) is 2.68. The van der Waals surface area contributed by atoms with Gasteiger partial charge in [-0.1, -0.05) is 60.2 Å². The van der Waals surface area contributed by atoms with Crippen LogP contribution in [0.15, 0.2) is 60.7 Å². The molecule has 0 unspecified atom stereocenters. The smallest absolute Gasteiger partial charge is 0.303 e. The lowest BCUT2D eigenvalue weighted by atomic mass is 9.91. The van der Waals surface area contributed by atoms with E-state index in [0.717, 1.165) is 5.56 Å². The zero-order chi connectivity index (χ0) is 19.9. The molecule has 1 aliphatic heterocycles. The van der Waals surface area contributed by atoms with Crippen LogP contribution < -0.4 is 0 Å². The van der Waals surface area contributed by atoms with Crippen molar-refractivity contribution in [3.8, 4) is 5.75 Å². The van der Waals surface area contributed by atoms with Gasteiger partial charge in [-0.05, 0) is 25.0 Å². The molecule has 0 aromatic heterocycles. The van der Waals surface area contributed by atoms with Gasteiger partial charge < -0.3 is 19.7 Å². The van der Waals surface area contributed by atoms with E-state index in [0.29, 0.717) is 30.0 Å². The third kappa shape index (κ3) is 5.13. The first-order chi connectivity index (χ1) is 13.6. The lowest BCUT2D eigenvalue weighted by Crippen LogP contribution is -2.30. The number of hydrogen-bond acceptors (Lipinski definition) is 4. The molecule has 2 aromatic rings. The van der Waals surface area contributed by atoms with Crippen LogP contribution in [0.2, 0.25) is 5.02 Å². The maximum atomic E-state index is 10.6. The van der Waals surface area contributed by atoms with Crippen molar-refractivity contribution in [3.63, 3.8) is 0 Å². The number of phenolic OH excluding ortho intramolecular Hbond substituents is 1. The number of carbonyl (C=O) groups is 1. The molecule has 0 radical (unpaired) electrons. The van der Waals surface area contributed by atoms with E-state index in [1.807, 2.05) is 42.5 Å². The van der Waals surface area contributed by atoms with Gasteiger partial charge in [-0.15, -0.1) is 0 Å². The van der Waals surface area contributed by atoms with Crippen LogP contribution >= 0.6 is 11.6 Å². The number of phenols is 1. The van der Waals surface area contributed by atoms with Crippen LogP contribution in [0.5, 0.6) is 5.75 Å². The van der Waals surface area contributed by atoms with Crippen LogP contribution in [-0.2, 0) is 14.3 Å². The van der Waals surface area contributed by atoms with Crippen molar-refractivity contribution in [3.05, 3.63) is 76.8 Å². The van der Waals surface area contributed by atoms with Gasteiger partial charge in [0.15, 0.2) is 6.29 Å². The van der Waals surface area contributed by atoms with Crippen molar-refractivity contribution >= 4 is 17.6 Å². The van der Waals surface area contributed by atoms with Crippen LogP contribution in [0.4, 0.5) is 0 Å². The SMILES string of the molecule is O=C(O)CC/C=C\C[C@H]1CO[C@@H](c2ccccc2Cl)O[C@H]1c1ccccc1O. The van der Waals surface area contributed by atoms with Gasteiger partial charge in [0.05, 0.1) is 12.7 Å². The van der Waals surface area contributed by atoms with E-state index in [4.69, 9.17) is 26.2 Å². The molecular weight excluding hydrogens is 380 g/mol. The Hall–Kier alpha value is -2.34. The van der Waals surface area contributed by atoms with Crippen molar-refractivity contribution in [1.29, 1.82) is 0 Å². The van der Waals surface area contributed by atoms with Crippen LogP contribution in [0.1, 0.15) is 42.8 Å². The molecule has 1 fully saturated rings. The van der Waals surface area contributed by atoms with E-state index in [1.54, 1.807) is 18.2 Å². The van der Waals surface area contributed by atoms with E-state index < -0.39 is 12.3 Å². The first kappa shape index (κ1) is 20.4. The third-order valence-electron chi connectivity index (χ3n) is 4.69. The minimum atomic E-state index is -0.816. The summed E-state index contributed by atoms with van der Waals surface area (Å²) in [6, 6.07) is 14.5. The molecule has 148 valence electrons. The molecule has 0 aliphatic carbocycles. The lowest BCUT2D eigenvalue weighted by molar-refractivity contribution is -0.244. The second kappa shape index (κ2) is 9.73. The standard InChI is InChI=1S/C22H23ClO5/c23-18-11-6-4-9-16(18)22-27-14-15(8-2-1-3-13-20(25)26)21(28-22)17-10-5-7-12-19(17)24/h1-2,4-7,9-12,15,21-22,24H,3,8,13-14H2,(H,25,26)/b2-1-/t15-,21+,22+/m0/s1.